The average Bonchev–Trinajstić information content (AvgIpc) is 3.15. The summed E-state index contributed by atoms with van der Waals surface area (Å²) in [4.78, 5) is 45.3. The SMILES string of the molecule is O=C(O)CN1C(=O)N/C(=C\c2ccc(-c3ccc(Cl)c([N+](=O)[O-])c3)o2)C1=O. The smallest absolute Gasteiger partial charge is 0.329 e. The number of hydrogen-bond donors (Lipinski definition) is 2. The number of urea groups is 1. The highest BCUT2D eigenvalue weighted by molar-refractivity contribution is 6.32. The lowest BCUT2D eigenvalue weighted by molar-refractivity contribution is -0.384. The van der Waals surface area contributed by atoms with Crippen molar-refractivity contribution in [1.82, 2.24) is 10.2 Å². The third-order valence-corrected chi connectivity index (χ3v) is 3.92. The van der Waals surface area contributed by atoms with Gasteiger partial charge in [-0.1, -0.05) is 11.6 Å². The van der Waals surface area contributed by atoms with Crippen LogP contribution in [-0.4, -0.2) is 39.4 Å². The number of rotatable bonds is 5. The summed E-state index contributed by atoms with van der Waals surface area (Å²) in [7, 11) is 0. The maximum absolute atomic E-state index is 12.1. The molecule has 0 bridgehead atoms. The molecular weight excluding hydrogens is 382 g/mol. The number of furan rings is 1. The van der Waals surface area contributed by atoms with Gasteiger partial charge in [0.1, 0.15) is 28.8 Å². The van der Waals surface area contributed by atoms with Crippen LogP contribution in [0, 0.1) is 10.1 Å². The number of nitro benzene ring substituents is 1. The molecule has 11 heteroatoms. The minimum absolute atomic E-state index is 0.0181. The molecule has 10 nitrogen and oxygen atoms in total. The van der Waals surface area contributed by atoms with Gasteiger partial charge in [-0.05, 0) is 24.3 Å². The standard InChI is InChI=1S/C16H10ClN3O7/c17-10-3-1-8(5-12(10)20(25)26)13-4-2-9(27-13)6-11-15(23)19(7-14(21)22)16(24)18-11/h1-6H,7H2,(H,18,24)(H,21,22)/b11-6-. The zero-order valence-electron chi connectivity index (χ0n) is 13.3. The molecule has 0 atom stereocenters. The van der Waals surface area contributed by atoms with Crippen LogP contribution in [0.1, 0.15) is 5.76 Å². The van der Waals surface area contributed by atoms with E-state index in [1.165, 1.54) is 36.4 Å². The highest BCUT2D eigenvalue weighted by Crippen LogP contribution is 2.31. The third-order valence-electron chi connectivity index (χ3n) is 3.60. The number of carbonyl (C=O) groups is 3. The van der Waals surface area contributed by atoms with Crippen molar-refractivity contribution in [1.29, 1.82) is 0 Å². The highest BCUT2D eigenvalue weighted by atomic mass is 35.5. The third kappa shape index (κ3) is 3.65. The van der Waals surface area contributed by atoms with E-state index in [-0.39, 0.29) is 27.9 Å². The second-order valence-corrected chi connectivity index (χ2v) is 5.81. The first-order chi connectivity index (χ1) is 12.8. The van der Waals surface area contributed by atoms with Gasteiger partial charge in [-0.25, -0.2) is 9.69 Å². The Kier molecular flexibility index (Phi) is 4.65. The van der Waals surface area contributed by atoms with Crippen molar-refractivity contribution in [2.24, 2.45) is 0 Å². The second-order valence-electron chi connectivity index (χ2n) is 5.40. The first-order valence-corrected chi connectivity index (χ1v) is 7.74. The van der Waals surface area contributed by atoms with Crippen LogP contribution in [0.25, 0.3) is 17.4 Å². The number of carboxylic acids is 1. The molecular formula is C16H10ClN3O7. The van der Waals surface area contributed by atoms with Crippen molar-refractivity contribution >= 4 is 41.3 Å². The zero-order chi connectivity index (χ0) is 19.7. The number of halogens is 1. The van der Waals surface area contributed by atoms with E-state index < -0.39 is 29.4 Å². The summed E-state index contributed by atoms with van der Waals surface area (Å²) in [5.74, 6) is -1.67. The van der Waals surface area contributed by atoms with Crippen LogP contribution in [0.15, 0.2) is 40.4 Å². The summed E-state index contributed by atoms with van der Waals surface area (Å²) < 4.78 is 5.53. The fourth-order valence-corrected chi connectivity index (χ4v) is 2.57. The van der Waals surface area contributed by atoms with Crippen LogP contribution >= 0.6 is 11.6 Å². The van der Waals surface area contributed by atoms with Gasteiger partial charge < -0.3 is 14.8 Å². The van der Waals surface area contributed by atoms with Gasteiger partial charge in [0.05, 0.1) is 4.92 Å². The lowest BCUT2D eigenvalue weighted by atomic mass is 10.1. The summed E-state index contributed by atoms with van der Waals surface area (Å²) in [6.07, 6.45) is 1.23. The fourth-order valence-electron chi connectivity index (χ4n) is 2.38. The normalized spacial score (nSPS) is 15.3. The van der Waals surface area contributed by atoms with Crippen molar-refractivity contribution in [2.75, 3.05) is 6.54 Å². The molecule has 2 heterocycles. The first kappa shape index (κ1) is 18.1. The topological polar surface area (TPSA) is 143 Å². The Hall–Kier alpha value is -3.66. The van der Waals surface area contributed by atoms with Crippen molar-refractivity contribution in [3.05, 3.63) is 56.9 Å². The van der Waals surface area contributed by atoms with E-state index in [0.717, 1.165) is 0 Å². The van der Waals surface area contributed by atoms with Gasteiger partial charge in [-0.2, -0.15) is 0 Å². The number of imide groups is 1. The molecule has 1 fully saturated rings. The van der Waals surface area contributed by atoms with Crippen molar-refractivity contribution in [3.8, 4) is 11.3 Å². The molecule has 0 spiro atoms. The van der Waals surface area contributed by atoms with Crippen molar-refractivity contribution in [3.63, 3.8) is 0 Å². The Balaban J connectivity index is 1.87. The number of nitro groups is 1. The quantitative estimate of drug-likeness (QED) is 0.345. The molecule has 1 saturated heterocycles. The minimum atomic E-state index is -1.33. The number of benzene rings is 1. The lowest BCUT2D eigenvalue weighted by Crippen LogP contribution is -2.35. The molecule has 3 rings (SSSR count). The number of carboxylic acid groups (broad SMARTS) is 1. The number of nitrogens with zero attached hydrogens (tertiary/aromatic N) is 2. The van der Waals surface area contributed by atoms with Crippen LogP contribution in [0.3, 0.4) is 0 Å². The van der Waals surface area contributed by atoms with Gasteiger partial charge >= 0.3 is 12.0 Å². The molecule has 27 heavy (non-hydrogen) atoms. The second kappa shape index (κ2) is 6.92. The molecule has 0 saturated carbocycles. The Labute approximate surface area is 155 Å². The number of aliphatic carboxylic acids is 1. The summed E-state index contributed by atoms with van der Waals surface area (Å²) >= 11 is 5.77. The summed E-state index contributed by atoms with van der Waals surface area (Å²) in [6, 6.07) is 6.30. The Morgan fingerprint density at radius 3 is 2.74 bits per heavy atom. The summed E-state index contributed by atoms with van der Waals surface area (Å²) in [5.41, 5.74) is -0.0395. The number of amides is 3. The fraction of sp³-hybridized carbons (Fsp3) is 0.0625. The van der Waals surface area contributed by atoms with Gasteiger partial charge in [-0.3, -0.25) is 19.7 Å². The van der Waals surface area contributed by atoms with Gasteiger partial charge in [0, 0.05) is 17.7 Å². The van der Waals surface area contributed by atoms with E-state index >= 15 is 0 Å². The Morgan fingerprint density at radius 2 is 2.07 bits per heavy atom. The minimum Gasteiger partial charge on any atom is -0.480 e. The average molecular weight is 392 g/mol. The van der Waals surface area contributed by atoms with Crippen molar-refractivity contribution in [2.45, 2.75) is 0 Å². The number of hydrogen-bond acceptors (Lipinski definition) is 6. The van der Waals surface area contributed by atoms with Crippen LogP contribution < -0.4 is 5.32 Å². The van der Waals surface area contributed by atoms with Crippen LogP contribution in [0.2, 0.25) is 5.02 Å². The summed E-state index contributed by atoms with van der Waals surface area (Å²) in [5, 5.41) is 21.9. The maximum atomic E-state index is 12.1. The monoisotopic (exact) mass is 391 g/mol. The zero-order valence-corrected chi connectivity index (χ0v) is 14.1. The van der Waals surface area contributed by atoms with Gasteiger partial charge in [0.15, 0.2) is 0 Å². The van der Waals surface area contributed by atoms with Gasteiger partial charge in [0.25, 0.3) is 11.6 Å². The van der Waals surface area contributed by atoms with E-state index in [1.807, 2.05) is 0 Å². The van der Waals surface area contributed by atoms with Crippen LogP contribution in [-0.2, 0) is 9.59 Å². The van der Waals surface area contributed by atoms with Crippen molar-refractivity contribution < 1.29 is 28.8 Å². The Bertz CT molecular complexity index is 1010. The molecule has 2 aromatic rings. The molecule has 0 radical (unpaired) electrons. The molecule has 0 aliphatic carbocycles. The summed E-state index contributed by atoms with van der Waals surface area (Å²) in [6.45, 7) is -0.764. The van der Waals surface area contributed by atoms with Gasteiger partial charge in [0.2, 0.25) is 0 Å². The molecule has 1 aliphatic heterocycles. The van der Waals surface area contributed by atoms with E-state index in [4.69, 9.17) is 21.1 Å². The largest absolute Gasteiger partial charge is 0.480 e. The van der Waals surface area contributed by atoms with Crippen LogP contribution in [0.5, 0.6) is 0 Å². The Morgan fingerprint density at radius 1 is 1.33 bits per heavy atom. The molecule has 0 unspecified atom stereocenters. The maximum Gasteiger partial charge on any atom is 0.329 e. The highest BCUT2D eigenvalue weighted by Gasteiger charge is 2.35. The predicted molar refractivity (Wildman–Crippen MR) is 91.7 cm³/mol. The molecule has 1 aromatic carbocycles. The van der Waals surface area contributed by atoms with Crippen LogP contribution in [0.4, 0.5) is 10.5 Å². The lowest BCUT2D eigenvalue weighted by Gasteiger charge is -2.06. The predicted octanol–water partition coefficient (Wildman–Crippen LogP) is 2.49. The van der Waals surface area contributed by atoms with E-state index in [0.29, 0.717) is 10.5 Å². The van der Waals surface area contributed by atoms with E-state index in [9.17, 15) is 24.5 Å². The molecule has 1 aromatic heterocycles. The molecule has 138 valence electrons. The number of nitrogens with one attached hydrogen (secondary N) is 1. The first-order valence-electron chi connectivity index (χ1n) is 7.37. The molecule has 2 N–H and O–H groups in total. The van der Waals surface area contributed by atoms with E-state index in [1.54, 1.807) is 0 Å². The van der Waals surface area contributed by atoms with E-state index in [2.05, 4.69) is 5.32 Å². The molecule has 3 amide bonds. The number of carbonyl (C=O) groups excluding carboxylic acids is 2. The van der Waals surface area contributed by atoms with Gasteiger partial charge in [-0.15, -0.1) is 0 Å². The molecule has 1 aliphatic rings.